The number of hydrogen-bond acceptors (Lipinski definition) is 4. The van der Waals surface area contributed by atoms with Crippen molar-refractivity contribution < 1.29 is 17.6 Å². The van der Waals surface area contributed by atoms with Crippen LogP contribution in [0.3, 0.4) is 0 Å². The van der Waals surface area contributed by atoms with Crippen molar-refractivity contribution in [2.45, 2.75) is 12.8 Å². The fourth-order valence-electron chi connectivity index (χ4n) is 2.75. The fourth-order valence-corrected chi connectivity index (χ4v) is 3.30. The number of nitrogens with one attached hydrogen (secondary N) is 2. The SMILES string of the molecule is CNCC1CCN(C(=O)c2ccc(F)c(NS(C)(=O)=O)c2)CC1.Cl. The summed E-state index contributed by atoms with van der Waals surface area (Å²) in [5.74, 6) is -0.358. The van der Waals surface area contributed by atoms with Gasteiger partial charge in [0.1, 0.15) is 5.82 Å². The Morgan fingerprint density at radius 2 is 1.96 bits per heavy atom. The Balaban J connectivity index is 0.00000288. The molecular formula is C15H23ClFN3O3S. The minimum atomic E-state index is -3.60. The number of benzene rings is 1. The summed E-state index contributed by atoms with van der Waals surface area (Å²) in [5, 5.41) is 3.14. The van der Waals surface area contributed by atoms with Crippen molar-refractivity contribution in [2.24, 2.45) is 5.92 Å². The molecule has 0 bridgehead atoms. The number of sulfonamides is 1. The molecule has 0 unspecified atom stereocenters. The van der Waals surface area contributed by atoms with Crippen LogP contribution in [0.5, 0.6) is 0 Å². The zero-order valence-corrected chi connectivity index (χ0v) is 15.3. The second-order valence-electron chi connectivity index (χ2n) is 5.86. The Morgan fingerprint density at radius 1 is 1.33 bits per heavy atom. The summed E-state index contributed by atoms with van der Waals surface area (Å²) in [5.41, 5.74) is 0.0769. The summed E-state index contributed by atoms with van der Waals surface area (Å²) in [6.45, 7) is 2.23. The number of halogens is 2. The Bertz CT molecular complexity index is 677. The van der Waals surface area contributed by atoms with E-state index in [1.54, 1.807) is 4.90 Å². The maximum atomic E-state index is 13.7. The molecule has 1 heterocycles. The third kappa shape index (κ3) is 5.61. The predicted molar refractivity (Wildman–Crippen MR) is 94.7 cm³/mol. The van der Waals surface area contributed by atoms with Gasteiger partial charge in [-0.2, -0.15) is 0 Å². The van der Waals surface area contributed by atoms with Gasteiger partial charge in [-0.15, -0.1) is 12.4 Å². The Labute approximate surface area is 148 Å². The lowest BCUT2D eigenvalue weighted by atomic mass is 9.96. The zero-order valence-electron chi connectivity index (χ0n) is 13.7. The van der Waals surface area contributed by atoms with Crippen LogP contribution in [0.15, 0.2) is 18.2 Å². The average molecular weight is 380 g/mol. The molecule has 0 spiro atoms. The lowest BCUT2D eigenvalue weighted by Gasteiger charge is -2.32. The van der Waals surface area contributed by atoms with Crippen LogP contribution in [0, 0.1) is 11.7 Å². The predicted octanol–water partition coefficient (Wildman–Crippen LogP) is 1.69. The van der Waals surface area contributed by atoms with E-state index >= 15 is 0 Å². The lowest BCUT2D eigenvalue weighted by Crippen LogP contribution is -2.40. The molecule has 1 aliphatic rings. The van der Waals surface area contributed by atoms with Gasteiger partial charge < -0.3 is 10.2 Å². The summed E-state index contributed by atoms with van der Waals surface area (Å²) < 4.78 is 38.3. The van der Waals surface area contributed by atoms with Gasteiger partial charge >= 0.3 is 0 Å². The standard InChI is InChI=1S/C15H22FN3O3S.ClH/c1-17-10-11-5-7-19(8-6-11)15(20)12-3-4-13(16)14(9-12)18-23(2,21)22;/h3-4,9,11,17-18H,5-8,10H2,1-2H3;1H. The van der Waals surface area contributed by atoms with E-state index < -0.39 is 15.8 Å². The van der Waals surface area contributed by atoms with Gasteiger partial charge in [0.25, 0.3) is 5.91 Å². The molecule has 2 N–H and O–H groups in total. The van der Waals surface area contributed by atoms with Crippen LogP contribution in [0.25, 0.3) is 0 Å². The van der Waals surface area contributed by atoms with Crippen molar-refractivity contribution in [3.63, 3.8) is 0 Å². The molecule has 1 saturated heterocycles. The average Bonchev–Trinajstić information content (AvgIpc) is 2.48. The van der Waals surface area contributed by atoms with Crippen molar-refractivity contribution >= 4 is 34.0 Å². The molecule has 1 aromatic carbocycles. The molecule has 1 amide bonds. The summed E-state index contributed by atoms with van der Waals surface area (Å²) in [7, 11) is -1.69. The quantitative estimate of drug-likeness (QED) is 0.816. The molecule has 1 fully saturated rings. The van der Waals surface area contributed by atoms with Gasteiger partial charge in [0, 0.05) is 18.7 Å². The van der Waals surface area contributed by atoms with Crippen LogP contribution in [0.4, 0.5) is 10.1 Å². The first-order valence-electron chi connectivity index (χ1n) is 7.51. The third-order valence-corrected chi connectivity index (χ3v) is 4.49. The van der Waals surface area contributed by atoms with E-state index in [4.69, 9.17) is 0 Å². The second kappa shape index (κ2) is 8.64. The fraction of sp³-hybridized carbons (Fsp3) is 0.533. The van der Waals surface area contributed by atoms with Gasteiger partial charge in [0.15, 0.2) is 0 Å². The number of hydrogen-bond donors (Lipinski definition) is 2. The largest absolute Gasteiger partial charge is 0.339 e. The summed E-state index contributed by atoms with van der Waals surface area (Å²) in [6, 6.07) is 3.73. The van der Waals surface area contributed by atoms with Crippen LogP contribution >= 0.6 is 12.4 Å². The van der Waals surface area contributed by atoms with Crippen molar-refractivity contribution in [1.29, 1.82) is 0 Å². The normalized spacial score (nSPS) is 15.7. The van der Waals surface area contributed by atoms with Gasteiger partial charge in [0.2, 0.25) is 10.0 Å². The summed E-state index contributed by atoms with van der Waals surface area (Å²) in [6.07, 6.45) is 2.78. The van der Waals surface area contributed by atoms with Crippen LogP contribution in [0.1, 0.15) is 23.2 Å². The van der Waals surface area contributed by atoms with Crippen LogP contribution in [-0.4, -0.2) is 52.2 Å². The molecule has 1 aliphatic heterocycles. The Hall–Kier alpha value is -1.38. The number of nitrogens with zero attached hydrogens (tertiary/aromatic N) is 1. The minimum absolute atomic E-state index is 0. The molecule has 0 atom stereocenters. The van der Waals surface area contributed by atoms with Crippen molar-refractivity contribution in [2.75, 3.05) is 37.7 Å². The molecule has 6 nitrogen and oxygen atoms in total. The highest BCUT2D eigenvalue weighted by molar-refractivity contribution is 7.92. The van der Waals surface area contributed by atoms with E-state index in [9.17, 15) is 17.6 Å². The monoisotopic (exact) mass is 379 g/mol. The molecule has 24 heavy (non-hydrogen) atoms. The number of carbonyl (C=O) groups excluding carboxylic acids is 1. The number of anilines is 1. The van der Waals surface area contributed by atoms with Crippen LogP contribution in [0.2, 0.25) is 0 Å². The van der Waals surface area contributed by atoms with E-state index in [0.29, 0.717) is 19.0 Å². The summed E-state index contributed by atoms with van der Waals surface area (Å²) >= 11 is 0. The molecule has 1 aromatic rings. The maximum absolute atomic E-state index is 13.7. The van der Waals surface area contributed by atoms with E-state index in [1.807, 2.05) is 7.05 Å². The van der Waals surface area contributed by atoms with Crippen molar-refractivity contribution in [3.05, 3.63) is 29.6 Å². The van der Waals surface area contributed by atoms with E-state index in [0.717, 1.165) is 31.7 Å². The van der Waals surface area contributed by atoms with Gasteiger partial charge in [0.05, 0.1) is 11.9 Å². The van der Waals surface area contributed by atoms with Crippen LogP contribution in [-0.2, 0) is 10.0 Å². The topological polar surface area (TPSA) is 78.5 Å². The molecule has 0 radical (unpaired) electrons. The highest BCUT2D eigenvalue weighted by atomic mass is 35.5. The van der Waals surface area contributed by atoms with Crippen molar-refractivity contribution in [1.82, 2.24) is 10.2 Å². The zero-order chi connectivity index (χ0) is 17.0. The second-order valence-corrected chi connectivity index (χ2v) is 7.61. The van der Waals surface area contributed by atoms with Gasteiger partial charge in [-0.25, -0.2) is 12.8 Å². The van der Waals surface area contributed by atoms with Crippen molar-refractivity contribution in [3.8, 4) is 0 Å². The molecule has 9 heteroatoms. The smallest absolute Gasteiger partial charge is 0.253 e. The number of amides is 1. The number of rotatable bonds is 5. The number of likely N-dealkylation sites (tertiary alicyclic amines) is 1. The first-order chi connectivity index (χ1) is 10.8. The van der Waals surface area contributed by atoms with E-state index in [2.05, 4.69) is 10.0 Å². The Morgan fingerprint density at radius 3 is 2.50 bits per heavy atom. The molecule has 0 saturated carbocycles. The molecule has 136 valence electrons. The first kappa shape index (κ1) is 20.7. The van der Waals surface area contributed by atoms with Gasteiger partial charge in [-0.1, -0.05) is 0 Å². The van der Waals surface area contributed by atoms with Gasteiger partial charge in [-0.3, -0.25) is 9.52 Å². The molecule has 0 aliphatic carbocycles. The van der Waals surface area contributed by atoms with E-state index in [-0.39, 0.29) is 29.6 Å². The van der Waals surface area contributed by atoms with Gasteiger partial charge in [-0.05, 0) is 50.6 Å². The van der Waals surface area contributed by atoms with Crippen LogP contribution < -0.4 is 10.0 Å². The molecular weight excluding hydrogens is 357 g/mol. The minimum Gasteiger partial charge on any atom is -0.339 e. The first-order valence-corrected chi connectivity index (χ1v) is 9.40. The molecule has 2 rings (SSSR count). The Kier molecular flexibility index (Phi) is 7.44. The third-order valence-electron chi connectivity index (χ3n) is 3.90. The maximum Gasteiger partial charge on any atom is 0.253 e. The highest BCUT2D eigenvalue weighted by Gasteiger charge is 2.24. The summed E-state index contributed by atoms with van der Waals surface area (Å²) in [4.78, 5) is 14.2. The highest BCUT2D eigenvalue weighted by Crippen LogP contribution is 2.22. The number of carbonyl (C=O) groups is 1. The number of piperidine rings is 1. The lowest BCUT2D eigenvalue weighted by molar-refractivity contribution is 0.0691. The molecule has 0 aromatic heterocycles. The van der Waals surface area contributed by atoms with E-state index in [1.165, 1.54) is 12.1 Å².